The Kier molecular flexibility index (Phi) is 4.85. The number of benzene rings is 2. The van der Waals surface area contributed by atoms with Crippen LogP contribution in [0.4, 0.5) is 10.1 Å². The summed E-state index contributed by atoms with van der Waals surface area (Å²) in [5.74, 6) is -2.00. The van der Waals surface area contributed by atoms with Gasteiger partial charge in [0.05, 0.1) is 5.69 Å². The first kappa shape index (κ1) is 15.7. The predicted molar refractivity (Wildman–Crippen MR) is 79.7 cm³/mol. The molecule has 22 heavy (non-hydrogen) atoms. The Morgan fingerprint density at radius 3 is 2.41 bits per heavy atom. The number of carbonyl (C=O) groups is 2. The largest absolute Gasteiger partial charge is 0.367 e. The Hall–Kier alpha value is -2.73. The maximum absolute atomic E-state index is 13.9. The van der Waals surface area contributed by atoms with Gasteiger partial charge in [-0.25, -0.2) is 4.39 Å². The third-order valence-electron chi connectivity index (χ3n) is 3.09. The lowest BCUT2D eigenvalue weighted by molar-refractivity contribution is -0.126. The van der Waals surface area contributed by atoms with Crippen molar-refractivity contribution in [2.45, 2.75) is 6.10 Å². The zero-order chi connectivity index (χ0) is 16.1. The zero-order valence-electron chi connectivity index (χ0n) is 11.9. The molecule has 2 amide bonds. The van der Waals surface area contributed by atoms with Crippen LogP contribution in [0, 0.1) is 5.82 Å². The van der Waals surface area contributed by atoms with E-state index < -0.39 is 23.7 Å². The summed E-state index contributed by atoms with van der Waals surface area (Å²) in [6.07, 6.45) is -0.864. The number of anilines is 1. The number of hydrogen-bond acceptors (Lipinski definition) is 3. The van der Waals surface area contributed by atoms with Crippen molar-refractivity contribution in [1.82, 2.24) is 0 Å². The second kappa shape index (κ2) is 6.82. The van der Waals surface area contributed by atoms with Crippen LogP contribution in [-0.4, -0.2) is 18.9 Å². The lowest BCUT2D eigenvalue weighted by Gasteiger charge is -2.16. The number of hydrogen-bond donors (Lipinski definition) is 2. The number of rotatable bonds is 5. The number of carbonyl (C=O) groups excluding carboxylic acids is 2. The van der Waals surface area contributed by atoms with Crippen LogP contribution in [0.5, 0.6) is 0 Å². The molecule has 0 aliphatic heterocycles. The molecular formula is C16H15FN2O3. The normalized spacial score (nSPS) is 11.7. The summed E-state index contributed by atoms with van der Waals surface area (Å²) < 4.78 is 19.0. The van der Waals surface area contributed by atoms with Crippen LogP contribution in [0.15, 0.2) is 48.5 Å². The van der Waals surface area contributed by atoms with Crippen molar-refractivity contribution in [2.75, 3.05) is 12.4 Å². The number of primary amides is 1. The van der Waals surface area contributed by atoms with E-state index in [0.29, 0.717) is 5.56 Å². The summed E-state index contributed by atoms with van der Waals surface area (Å²) in [6, 6.07) is 12.4. The van der Waals surface area contributed by atoms with Gasteiger partial charge in [0.15, 0.2) is 6.10 Å². The smallest absolute Gasteiger partial charge is 0.258 e. The molecule has 6 heteroatoms. The first-order chi connectivity index (χ1) is 10.5. The highest BCUT2D eigenvalue weighted by Gasteiger charge is 2.21. The number of ether oxygens (including phenoxy) is 1. The number of amides is 2. The van der Waals surface area contributed by atoms with Gasteiger partial charge in [0.25, 0.3) is 5.91 Å². The van der Waals surface area contributed by atoms with Crippen molar-refractivity contribution in [3.63, 3.8) is 0 Å². The molecule has 2 aromatic carbocycles. The van der Waals surface area contributed by atoms with E-state index in [2.05, 4.69) is 5.32 Å². The van der Waals surface area contributed by atoms with Crippen LogP contribution in [0.2, 0.25) is 0 Å². The Morgan fingerprint density at radius 2 is 1.86 bits per heavy atom. The number of methoxy groups -OCH3 is 1. The SMILES string of the molecule is CO[C@@H](C(=O)Nc1ccc(C(N)=O)cc1F)c1ccccc1. The number of halogens is 1. The molecule has 0 fully saturated rings. The van der Waals surface area contributed by atoms with Crippen molar-refractivity contribution in [2.24, 2.45) is 5.73 Å². The van der Waals surface area contributed by atoms with Crippen LogP contribution in [0.1, 0.15) is 22.0 Å². The van der Waals surface area contributed by atoms with Crippen LogP contribution in [0.25, 0.3) is 0 Å². The van der Waals surface area contributed by atoms with E-state index in [1.54, 1.807) is 24.3 Å². The van der Waals surface area contributed by atoms with E-state index in [9.17, 15) is 14.0 Å². The predicted octanol–water partition coefficient (Wildman–Crippen LogP) is 2.25. The van der Waals surface area contributed by atoms with Crippen molar-refractivity contribution in [1.29, 1.82) is 0 Å². The highest BCUT2D eigenvalue weighted by atomic mass is 19.1. The lowest BCUT2D eigenvalue weighted by Crippen LogP contribution is -2.23. The topological polar surface area (TPSA) is 81.4 Å². The standard InChI is InChI=1S/C16H15FN2O3/c1-22-14(10-5-3-2-4-6-10)16(21)19-13-8-7-11(15(18)20)9-12(13)17/h2-9,14H,1H3,(H2,18,20)(H,19,21)/t14-/m1/s1. The minimum Gasteiger partial charge on any atom is -0.367 e. The summed E-state index contributed by atoms with van der Waals surface area (Å²) in [4.78, 5) is 23.2. The Labute approximate surface area is 126 Å². The molecule has 0 bridgehead atoms. The van der Waals surface area contributed by atoms with Gasteiger partial charge in [-0.2, -0.15) is 0 Å². The third-order valence-corrected chi connectivity index (χ3v) is 3.09. The molecule has 2 rings (SSSR count). The van der Waals surface area contributed by atoms with E-state index in [0.717, 1.165) is 6.07 Å². The first-order valence-corrected chi connectivity index (χ1v) is 6.51. The molecule has 0 saturated carbocycles. The van der Waals surface area contributed by atoms with Crippen molar-refractivity contribution >= 4 is 17.5 Å². The molecule has 0 saturated heterocycles. The van der Waals surface area contributed by atoms with Gasteiger partial charge in [0.2, 0.25) is 5.91 Å². The zero-order valence-corrected chi connectivity index (χ0v) is 11.9. The van der Waals surface area contributed by atoms with E-state index in [1.807, 2.05) is 6.07 Å². The molecule has 0 radical (unpaired) electrons. The Balaban J connectivity index is 2.19. The summed E-state index contributed by atoms with van der Waals surface area (Å²) in [7, 11) is 1.39. The molecular weight excluding hydrogens is 287 g/mol. The average Bonchev–Trinajstić information content (AvgIpc) is 2.51. The second-order valence-corrected chi connectivity index (χ2v) is 4.57. The molecule has 0 spiro atoms. The quantitative estimate of drug-likeness (QED) is 0.888. The fourth-order valence-corrected chi connectivity index (χ4v) is 1.99. The van der Waals surface area contributed by atoms with E-state index in [-0.39, 0.29) is 11.3 Å². The van der Waals surface area contributed by atoms with Crippen molar-refractivity contribution in [3.05, 3.63) is 65.5 Å². The third kappa shape index (κ3) is 3.48. The fourth-order valence-electron chi connectivity index (χ4n) is 1.99. The van der Waals surface area contributed by atoms with E-state index in [4.69, 9.17) is 10.5 Å². The summed E-state index contributed by atoms with van der Waals surface area (Å²) >= 11 is 0. The van der Waals surface area contributed by atoms with Gasteiger partial charge < -0.3 is 15.8 Å². The number of nitrogens with two attached hydrogens (primary N) is 1. The molecule has 1 atom stereocenters. The fraction of sp³-hybridized carbons (Fsp3) is 0.125. The lowest BCUT2D eigenvalue weighted by atomic mass is 10.1. The minimum atomic E-state index is -0.864. The second-order valence-electron chi connectivity index (χ2n) is 4.57. The summed E-state index contributed by atoms with van der Waals surface area (Å²) in [5.41, 5.74) is 5.70. The highest BCUT2D eigenvalue weighted by molar-refractivity contribution is 5.96. The molecule has 3 N–H and O–H groups in total. The maximum Gasteiger partial charge on any atom is 0.258 e. The van der Waals surface area contributed by atoms with Crippen LogP contribution >= 0.6 is 0 Å². The average molecular weight is 302 g/mol. The van der Waals surface area contributed by atoms with Crippen molar-refractivity contribution in [3.8, 4) is 0 Å². The van der Waals surface area contributed by atoms with Gasteiger partial charge in [-0.3, -0.25) is 9.59 Å². The van der Waals surface area contributed by atoms with Gasteiger partial charge >= 0.3 is 0 Å². The van der Waals surface area contributed by atoms with Crippen LogP contribution in [-0.2, 0) is 9.53 Å². The minimum absolute atomic E-state index is 0.0295. The van der Waals surface area contributed by atoms with Gasteiger partial charge in [-0.1, -0.05) is 30.3 Å². The monoisotopic (exact) mass is 302 g/mol. The number of nitrogens with one attached hydrogen (secondary N) is 1. The van der Waals surface area contributed by atoms with Crippen LogP contribution in [0.3, 0.4) is 0 Å². The van der Waals surface area contributed by atoms with Gasteiger partial charge in [-0.05, 0) is 23.8 Å². The molecule has 114 valence electrons. The molecule has 2 aromatic rings. The van der Waals surface area contributed by atoms with Crippen molar-refractivity contribution < 1.29 is 18.7 Å². The molecule has 0 heterocycles. The summed E-state index contributed by atoms with van der Waals surface area (Å²) in [5, 5.41) is 2.43. The van der Waals surface area contributed by atoms with Crippen LogP contribution < -0.4 is 11.1 Å². The molecule has 0 aliphatic carbocycles. The molecule has 0 aromatic heterocycles. The Bertz CT molecular complexity index is 689. The van der Waals surface area contributed by atoms with Gasteiger partial charge in [0.1, 0.15) is 5.82 Å². The molecule has 5 nitrogen and oxygen atoms in total. The van der Waals surface area contributed by atoms with Gasteiger partial charge in [-0.15, -0.1) is 0 Å². The highest BCUT2D eigenvalue weighted by Crippen LogP contribution is 2.21. The first-order valence-electron chi connectivity index (χ1n) is 6.51. The Morgan fingerprint density at radius 1 is 1.18 bits per heavy atom. The molecule has 0 unspecified atom stereocenters. The van der Waals surface area contributed by atoms with Gasteiger partial charge in [0, 0.05) is 12.7 Å². The molecule has 0 aliphatic rings. The summed E-state index contributed by atoms with van der Waals surface area (Å²) in [6.45, 7) is 0. The maximum atomic E-state index is 13.9. The van der Waals surface area contributed by atoms with E-state index >= 15 is 0 Å². The van der Waals surface area contributed by atoms with E-state index in [1.165, 1.54) is 19.2 Å².